The van der Waals surface area contributed by atoms with Crippen LogP contribution in [0, 0.1) is 31.6 Å². The third-order valence-corrected chi connectivity index (χ3v) is 6.05. The Labute approximate surface area is 171 Å². The van der Waals surface area contributed by atoms with Crippen LogP contribution in [0.15, 0.2) is 42.5 Å². The van der Waals surface area contributed by atoms with Crippen molar-refractivity contribution in [3.05, 3.63) is 59.2 Å². The maximum atomic E-state index is 12.8. The average molecular weight is 390 g/mol. The van der Waals surface area contributed by atoms with Gasteiger partial charge in [0.05, 0.1) is 17.5 Å². The molecule has 0 unspecified atom stereocenters. The second-order valence-electron chi connectivity index (χ2n) is 8.52. The van der Waals surface area contributed by atoms with Gasteiger partial charge in [-0.05, 0) is 86.6 Å². The van der Waals surface area contributed by atoms with Crippen LogP contribution in [0.25, 0.3) is 0 Å². The van der Waals surface area contributed by atoms with Crippen molar-refractivity contribution in [1.29, 1.82) is 0 Å². The molecule has 2 aromatic carbocycles. The first-order chi connectivity index (χ1) is 13.8. The predicted octanol–water partition coefficient (Wildman–Crippen LogP) is 4.48. The zero-order valence-electron chi connectivity index (χ0n) is 17.1. The molecule has 1 aliphatic heterocycles. The highest BCUT2D eigenvalue weighted by Crippen LogP contribution is 2.42. The quantitative estimate of drug-likeness (QED) is 0.786. The molecule has 2 aliphatic rings. The number of nitrogens with one attached hydrogen (secondary N) is 1. The van der Waals surface area contributed by atoms with Crippen molar-refractivity contribution >= 4 is 29.1 Å². The van der Waals surface area contributed by atoms with Gasteiger partial charge in [0.15, 0.2) is 0 Å². The lowest BCUT2D eigenvalue weighted by atomic mass is 9.76. The number of carbonyl (C=O) groups is 3. The number of nitrogens with zero attached hydrogens (tertiary/aromatic N) is 1. The zero-order valence-corrected chi connectivity index (χ0v) is 17.1. The molecule has 5 nitrogen and oxygen atoms in total. The maximum Gasteiger partial charge on any atom is 0.255 e. The number of carbonyl (C=O) groups excluding carboxylic acids is 3. The van der Waals surface area contributed by atoms with E-state index in [1.165, 1.54) is 4.90 Å². The molecule has 2 fully saturated rings. The zero-order chi connectivity index (χ0) is 20.7. The van der Waals surface area contributed by atoms with Crippen LogP contribution < -0.4 is 10.2 Å². The Morgan fingerprint density at radius 2 is 1.55 bits per heavy atom. The van der Waals surface area contributed by atoms with E-state index < -0.39 is 0 Å². The van der Waals surface area contributed by atoms with Crippen LogP contribution in [0.5, 0.6) is 0 Å². The third kappa shape index (κ3) is 3.69. The normalized spacial score (nSPS) is 23.8. The number of fused-ring (bicyclic) bond motifs is 1. The topological polar surface area (TPSA) is 66.5 Å². The van der Waals surface area contributed by atoms with Crippen LogP contribution in [-0.2, 0) is 9.59 Å². The molecular formula is C24H26N2O3. The molecule has 3 amide bonds. The highest BCUT2D eigenvalue weighted by atomic mass is 16.2. The van der Waals surface area contributed by atoms with Gasteiger partial charge >= 0.3 is 0 Å². The molecule has 1 heterocycles. The van der Waals surface area contributed by atoms with Crippen LogP contribution in [0.3, 0.4) is 0 Å². The van der Waals surface area contributed by atoms with Crippen LogP contribution in [0.2, 0.25) is 0 Å². The molecule has 1 N–H and O–H groups in total. The summed E-state index contributed by atoms with van der Waals surface area (Å²) in [6, 6.07) is 12.6. The van der Waals surface area contributed by atoms with E-state index in [0.717, 1.165) is 36.1 Å². The number of hydrogen-bond donors (Lipinski definition) is 1. The summed E-state index contributed by atoms with van der Waals surface area (Å²) < 4.78 is 0. The van der Waals surface area contributed by atoms with E-state index in [1.54, 1.807) is 24.3 Å². The number of amides is 3. The average Bonchev–Trinajstić information content (AvgIpc) is 2.91. The Bertz CT molecular complexity index is 960. The molecule has 4 rings (SSSR count). The Balaban J connectivity index is 1.51. The molecule has 0 bridgehead atoms. The highest BCUT2D eigenvalue weighted by Gasteiger charge is 2.49. The van der Waals surface area contributed by atoms with E-state index in [0.29, 0.717) is 17.2 Å². The lowest BCUT2D eigenvalue weighted by molar-refractivity contribution is -0.122. The summed E-state index contributed by atoms with van der Waals surface area (Å²) >= 11 is 0. The van der Waals surface area contributed by atoms with Gasteiger partial charge in [0.25, 0.3) is 5.91 Å². The maximum absolute atomic E-state index is 12.8. The van der Waals surface area contributed by atoms with Gasteiger partial charge in [-0.25, -0.2) is 0 Å². The number of imide groups is 1. The molecule has 1 aliphatic carbocycles. The molecule has 1 saturated carbocycles. The summed E-state index contributed by atoms with van der Waals surface area (Å²) in [5.41, 5.74) is 3.94. The fraction of sp³-hybridized carbons (Fsp3) is 0.375. The van der Waals surface area contributed by atoms with Crippen molar-refractivity contribution in [2.45, 2.75) is 40.0 Å². The molecule has 0 radical (unpaired) electrons. The summed E-state index contributed by atoms with van der Waals surface area (Å²) in [5.74, 6) is -0.323. The van der Waals surface area contributed by atoms with E-state index in [9.17, 15) is 14.4 Å². The van der Waals surface area contributed by atoms with Crippen molar-refractivity contribution in [2.75, 3.05) is 10.2 Å². The standard InChI is InChI=1S/C24H26N2O3/c1-14-4-9-20-21(13-14)24(29)26(23(20)28)19-7-5-17(6-8-19)22(27)25-18-11-15(2)10-16(3)12-18/h5-8,10-12,14,20-21H,4,9,13H2,1-3H3,(H,25,27)/t14-,20+,21-/m0/s1. The molecule has 5 heteroatoms. The molecule has 29 heavy (non-hydrogen) atoms. The van der Waals surface area contributed by atoms with Gasteiger partial charge < -0.3 is 5.32 Å². The summed E-state index contributed by atoms with van der Waals surface area (Å²) in [6.07, 6.45) is 2.55. The third-order valence-electron chi connectivity index (χ3n) is 6.05. The van der Waals surface area contributed by atoms with Crippen LogP contribution in [0.4, 0.5) is 11.4 Å². The molecule has 3 atom stereocenters. The van der Waals surface area contributed by atoms with Crippen LogP contribution in [0.1, 0.15) is 47.7 Å². The minimum Gasteiger partial charge on any atom is -0.322 e. The van der Waals surface area contributed by atoms with Gasteiger partial charge in [-0.1, -0.05) is 13.0 Å². The first-order valence-electron chi connectivity index (χ1n) is 10.2. The largest absolute Gasteiger partial charge is 0.322 e. The second-order valence-corrected chi connectivity index (χ2v) is 8.52. The Kier molecular flexibility index (Phi) is 4.99. The highest BCUT2D eigenvalue weighted by molar-refractivity contribution is 6.22. The molecule has 0 aromatic heterocycles. The second kappa shape index (κ2) is 7.47. The van der Waals surface area contributed by atoms with Crippen molar-refractivity contribution in [3.8, 4) is 0 Å². The van der Waals surface area contributed by atoms with E-state index in [4.69, 9.17) is 0 Å². The minimum absolute atomic E-state index is 0.0978. The monoisotopic (exact) mass is 390 g/mol. The SMILES string of the molecule is Cc1cc(C)cc(NC(=O)c2ccc(N3C(=O)[C@H]4C[C@@H](C)CC[C@H]4C3=O)cc2)c1. The molecule has 1 saturated heterocycles. The van der Waals surface area contributed by atoms with E-state index in [-0.39, 0.29) is 29.6 Å². The number of rotatable bonds is 3. The van der Waals surface area contributed by atoms with Crippen LogP contribution in [-0.4, -0.2) is 17.7 Å². The fourth-order valence-corrected chi connectivity index (χ4v) is 4.66. The van der Waals surface area contributed by atoms with Gasteiger partial charge in [0.2, 0.25) is 11.8 Å². The molecular weight excluding hydrogens is 364 g/mol. The van der Waals surface area contributed by atoms with E-state index >= 15 is 0 Å². The molecule has 150 valence electrons. The molecule has 2 aromatic rings. The lowest BCUT2D eigenvalue weighted by Gasteiger charge is -2.25. The van der Waals surface area contributed by atoms with E-state index in [1.807, 2.05) is 32.0 Å². The van der Waals surface area contributed by atoms with Gasteiger partial charge in [-0.3, -0.25) is 19.3 Å². The minimum atomic E-state index is -0.219. The Morgan fingerprint density at radius 1 is 0.931 bits per heavy atom. The lowest BCUT2D eigenvalue weighted by Crippen LogP contribution is -2.30. The Hall–Kier alpha value is -2.95. The summed E-state index contributed by atoms with van der Waals surface area (Å²) in [7, 11) is 0. The molecule has 0 spiro atoms. The van der Waals surface area contributed by atoms with Crippen molar-refractivity contribution in [2.24, 2.45) is 17.8 Å². The fourth-order valence-electron chi connectivity index (χ4n) is 4.66. The summed E-state index contributed by atoms with van der Waals surface area (Å²) in [5, 5.41) is 2.91. The number of aryl methyl sites for hydroxylation is 2. The first kappa shape index (κ1) is 19.4. The van der Waals surface area contributed by atoms with Gasteiger partial charge in [-0.15, -0.1) is 0 Å². The van der Waals surface area contributed by atoms with Crippen molar-refractivity contribution in [3.63, 3.8) is 0 Å². The van der Waals surface area contributed by atoms with Gasteiger partial charge in [0.1, 0.15) is 0 Å². The van der Waals surface area contributed by atoms with Crippen LogP contribution >= 0.6 is 0 Å². The smallest absolute Gasteiger partial charge is 0.255 e. The number of benzene rings is 2. The van der Waals surface area contributed by atoms with Gasteiger partial charge in [0, 0.05) is 11.3 Å². The predicted molar refractivity (Wildman–Crippen MR) is 113 cm³/mol. The number of hydrogen-bond acceptors (Lipinski definition) is 3. The summed E-state index contributed by atoms with van der Waals surface area (Å²) in [4.78, 5) is 39.6. The first-order valence-corrected chi connectivity index (χ1v) is 10.2. The summed E-state index contributed by atoms with van der Waals surface area (Å²) in [6.45, 7) is 6.11. The number of anilines is 2. The van der Waals surface area contributed by atoms with Crippen molar-refractivity contribution < 1.29 is 14.4 Å². The Morgan fingerprint density at radius 3 is 2.21 bits per heavy atom. The van der Waals surface area contributed by atoms with E-state index in [2.05, 4.69) is 12.2 Å². The van der Waals surface area contributed by atoms with Crippen molar-refractivity contribution in [1.82, 2.24) is 0 Å². The van der Waals surface area contributed by atoms with Gasteiger partial charge in [-0.2, -0.15) is 0 Å².